The SMILES string of the molecule is OCCCCC(S)(S)c1ccc2c(c1)OCO2. The van der Waals surface area contributed by atoms with Gasteiger partial charge in [0.2, 0.25) is 6.79 Å². The second kappa shape index (κ2) is 5.42. The van der Waals surface area contributed by atoms with Crippen LogP contribution in [0.2, 0.25) is 0 Å². The molecule has 0 bridgehead atoms. The molecule has 0 aliphatic carbocycles. The molecular formula is C12H16O3S2. The Labute approximate surface area is 112 Å². The maximum absolute atomic E-state index is 8.77. The Morgan fingerprint density at radius 2 is 1.94 bits per heavy atom. The predicted octanol–water partition coefficient (Wildman–Crippen LogP) is 2.59. The highest BCUT2D eigenvalue weighted by Gasteiger charge is 2.25. The number of aliphatic hydroxyl groups excluding tert-OH is 1. The monoisotopic (exact) mass is 272 g/mol. The van der Waals surface area contributed by atoms with E-state index in [1.807, 2.05) is 18.2 Å². The third-order valence-corrected chi connectivity index (χ3v) is 3.73. The second-order valence-electron chi connectivity index (χ2n) is 4.07. The quantitative estimate of drug-likeness (QED) is 0.438. The summed E-state index contributed by atoms with van der Waals surface area (Å²) in [6.45, 7) is 0.480. The number of ether oxygens (including phenoxy) is 2. The number of fused-ring (bicyclic) bond motifs is 1. The van der Waals surface area contributed by atoms with E-state index in [-0.39, 0.29) is 13.4 Å². The van der Waals surface area contributed by atoms with Crippen molar-refractivity contribution in [2.75, 3.05) is 13.4 Å². The maximum atomic E-state index is 8.77. The second-order valence-corrected chi connectivity index (χ2v) is 5.95. The van der Waals surface area contributed by atoms with Gasteiger partial charge in [0.25, 0.3) is 0 Å². The number of aliphatic hydroxyl groups is 1. The van der Waals surface area contributed by atoms with Gasteiger partial charge in [0, 0.05) is 6.61 Å². The summed E-state index contributed by atoms with van der Waals surface area (Å²) in [5.41, 5.74) is 0.992. The van der Waals surface area contributed by atoms with Gasteiger partial charge >= 0.3 is 0 Å². The summed E-state index contributed by atoms with van der Waals surface area (Å²) in [6, 6.07) is 5.75. The lowest BCUT2D eigenvalue weighted by molar-refractivity contribution is 0.174. The summed E-state index contributed by atoms with van der Waals surface area (Å²) in [4.78, 5) is 0. The van der Waals surface area contributed by atoms with Gasteiger partial charge in [-0.2, -0.15) is 25.3 Å². The Morgan fingerprint density at radius 1 is 1.18 bits per heavy atom. The zero-order valence-electron chi connectivity index (χ0n) is 9.43. The van der Waals surface area contributed by atoms with Crippen LogP contribution in [0.25, 0.3) is 0 Å². The van der Waals surface area contributed by atoms with E-state index in [9.17, 15) is 0 Å². The molecule has 1 aliphatic heterocycles. The molecule has 0 saturated carbocycles. The summed E-state index contributed by atoms with van der Waals surface area (Å²) < 4.78 is 10.1. The molecule has 0 aromatic heterocycles. The Kier molecular flexibility index (Phi) is 4.12. The highest BCUT2D eigenvalue weighted by Crippen LogP contribution is 2.42. The number of hydrogen-bond donors (Lipinski definition) is 3. The van der Waals surface area contributed by atoms with Crippen LogP contribution >= 0.6 is 25.3 Å². The predicted molar refractivity (Wildman–Crippen MR) is 73.2 cm³/mol. The molecule has 0 amide bonds. The van der Waals surface area contributed by atoms with Gasteiger partial charge in [-0.15, -0.1) is 0 Å². The first-order valence-corrected chi connectivity index (χ1v) is 6.49. The maximum Gasteiger partial charge on any atom is 0.231 e. The van der Waals surface area contributed by atoms with Crippen molar-refractivity contribution in [2.24, 2.45) is 0 Å². The largest absolute Gasteiger partial charge is 0.454 e. The van der Waals surface area contributed by atoms with E-state index in [1.54, 1.807) is 0 Å². The fourth-order valence-electron chi connectivity index (χ4n) is 1.77. The molecule has 17 heavy (non-hydrogen) atoms. The summed E-state index contributed by atoms with van der Waals surface area (Å²) in [5.74, 6) is 1.51. The lowest BCUT2D eigenvalue weighted by Gasteiger charge is -2.23. The van der Waals surface area contributed by atoms with Gasteiger partial charge in [-0.05, 0) is 37.0 Å². The highest BCUT2D eigenvalue weighted by molar-refractivity contribution is 7.99. The number of unbranched alkanes of at least 4 members (excludes halogenated alkanes) is 1. The minimum atomic E-state index is -0.504. The molecule has 0 unspecified atom stereocenters. The van der Waals surface area contributed by atoms with Crippen molar-refractivity contribution in [3.05, 3.63) is 23.8 Å². The molecule has 0 fully saturated rings. The first kappa shape index (κ1) is 12.9. The molecule has 0 atom stereocenters. The van der Waals surface area contributed by atoms with Crippen molar-refractivity contribution in [1.82, 2.24) is 0 Å². The molecule has 1 aliphatic rings. The normalized spacial score (nSPS) is 14.1. The third-order valence-electron chi connectivity index (χ3n) is 2.77. The Hall–Kier alpha value is -0.520. The van der Waals surface area contributed by atoms with Crippen molar-refractivity contribution in [3.8, 4) is 11.5 Å². The first-order valence-electron chi connectivity index (χ1n) is 5.59. The number of benzene rings is 1. The molecule has 1 N–H and O–H groups in total. The molecule has 1 aromatic carbocycles. The third kappa shape index (κ3) is 3.03. The topological polar surface area (TPSA) is 38.7 Å². The number of thiol groups is 2. The summed E-state index contributed by atoms with van der Waals surface area (Å²) in [7, 11) is 0. The zero-order valence-corrected chi connectivity index (χ0v) is 11.2. The van der Waals surface area contributed by atoms with Gasteiger partial charge in [0.1, 0.15) is 0 Å². The number of rotatable bonds is 5. The smallest absolute Gasteiger partial charge is 0.231 e. The van der Waals surface area contributed by atoms with Gasteiger partial charge in [-0.3, -0.25) is 0 Å². The number of hydrogen-bond acceptors (Lipinski definition) is 5. The van der Waals surface area contributed by atoms with E-state index in [2.05, 4.69) is 25.3 Å². The van der Waals surface area contributed by atoms with Gasteiger partial charge in [0.05, 0.1) is 4.08 Å². The average Bonchev–Trinajstić information content (AvgIpc) is 2.76. The molecule has 1 heterocycles. The molecule has 0 radical (unpaired) electrons. The molecular weight excluding hydrogens is 256 g/mol. The molecule has 0 saturated heterocycles. The van der Waals surface area contributed by atoms with Crippen LogP contribution in [0, 0.1) is 0 Å². The summed E-state index contributed by atoms with van der Waals surface area (Å²) in [6.07, 6.45) is 2.45. The average molecular weight is 272 g/mol. The van der Waals surface area contributed by atoms with Crippen LogP contribution in [-0.2, 0) is 4.08 Å². The minimum Gasteiger partial charge on any atom is -0.454 e. The zero-order chi connectivity index (χ0) is 12.3. The van der Waals surface area contributed by atoms with Crippen LogP contribution in [0.1, 0.15) is 24.8 Å². The van der Waals surface area contributed by atoms with Crippen LogP contribution in [0.5, 0.6) is 11.5 Å². The van der Waals surface area contributed by atoms with E-state index >= 15 is 0 Å². The Balaban J connectivity index is 2.10. The van der Waals surface area contributed by atoms with Crippen LogP contribution in [-0.4, -0.2) is 18.5 Å². The van der Waals surface area contributed by atoms with Crippen LogP contribution in [0.3, 0.4) is 0 Å². The van der Waals surface area contributed by atoms with Gasteiger partial charge < -0.3 is 14.6 Å². The van der Waals surface area contributed by atoms with Crippen molar-refractivity contribution < 1.29 is 14.6 Å². The lowest BCUT2D eigenvalue weighted by Crippen LogP contribution is -2.10. The van der Waals surface area contributed by atoms with E-state index in [4.69, 9.17) is 14.6 Å². The minimum absolute atomic E-state index is 0.207. The molecule has 1 aromatic rings. The molecule has 3 nitrogen and oxygen atoms in total. The fourth-order valence-corrected chi connectivity index (χ4v) is 2.37. The molecule has 94 valence electrons. The van der Waals surface area contributed by atoms with Crippen LogP contribution in [0.15, 0.2) is 18.2 Å². The standard InChI is InChI=1S/C12H16O3S2/c13-6-2-1-5-12(16,17)9-3-4-10-11(7-9)15-8-14-10/h3-4,7,13,16-17H,1-2,5-6,8H2. The van der Waals surface area contributed by atoms with Crippen LogP contribution in [0.4, 0.5) is 0 Å². The van der Waals surface area contributed by atoms with Gasteiger partial charge in [0.15, 0.2) is 11.5 Å². The lowest BCUT2D eigenvalue weighted by atomic mass is 10.1. The first-order chi connectivity index (χ1) is 8.13. The van der Waals surface area contributed by atoms with Crippen molar-refractivity contribution in [2.45, 2.75) is 23.3 Å². The van der Waals surface area contributed by atoms with Gasteiger partial charge in [-0.25, -0.2) is 0 Å². The van der Waals surface area contributed by atoms with Crippen molar-refractivity contribution in [1.29, 1.82) is 0 Å². The summed E-state index contributed by atoms with van der Waals surface area (Å²) in [5, 5.41) is 8.77. The molecule has 0 spiro atoms. The fraction of sp³-hybridized carbons (Fsp3) is 0.500. The van der Waals surface area contributed by atoms with E-state index < -0.39 is 4.08 Å². The summed E-state index contributed by atoms with van der Waals surface area (Å²) >= 11 is 9.15. The van der Waals surface area contributed by atoms with Gasteiger partial charge in [-0.1, -0.05) is 6.07 Å². The van der Waals surface area contributed by atoms with E-state index in [1.165, 1.54) is 0 Å². The molecule has 2 rings (SSSR count). The molecule has 5 heteroatoms. The highest BCUT2D eigenvalue weighted by atomic mass is 32.2. The van der Waals surface area contributed by atoms with E-state index in [0.717, 1.165) is 36.3 Å². The Bertz CT molecular complexity index is 393. The van der Waals surface area contributed by atoms with E-state index in [0.29, 0.717) is 0 Å². The Morgan fingerprint density at radius 3 is 2.71 bits per heavy atom. The van der Waals surface area contributed by atoms with Crippen molar-refractivity contribution >= 4 is 25.3 Å². The van der Waals surface area contributed by atoms with Crippen LogP contribution < -0.4 is 9.47 Å². The van der Waals surface area contributed by atoms with Crippen molar-refractivity contribution in [3.63, 3.8) is 0 Å².